The van der Waals surface area contributed by atoms with E-state index in [-0.39, 0.29) is 5.97 Å². The van der Waals surface area contributed by atoms with Crippen LogP contribution in [0, 0.1) is 6.92 Å². The molecule has 1 aromatic rings. The summed E-state index contributed by atoms with van der Waals surface area (Å²) in [6.07, 6.45) is 12.4. The number of hydrogen-bond acceptors (Lipinski definition) is 6. The molecule has 2 rings (SSSR count). The number of likely N-dealkylation sites (tertiary alicyclic amines) is 1. The smallest absolute Gasteiger partial charge is 0.307 e. The predicted octanol–water partition coefficient (Wildman–Crippen LogP) is 6.69. The van der Waals surface area contributed by atoms with Crippen LogP contribution < -0.4 is 4.72 Å². The maximum absolute atomic E-state index is 11.9. The van der Waals surface area contributed by atoms with E-state index in [1.54, 1.807) is 11.9 Å². The van der Waals surface area contributed by atoms with Crippen LogP contribution in [0.2, 0.25) is 0 Å². The average molecular weight is 501 g/mol. The lowest BCUT2D eigenvalue weighted by molar-refractivity contribution is -0.154. The van der Waals surface area contributed by atoms with Crippen molar-refractivity contribution >= 4 is 23.5 Å². The first-order chi connectivity index (χ1) is 16.7. The summed E-state index contributed by atoms with van der Waals surface area (Å²) in [4.78, 5) is 15.6. The van der Waals surface area contributed by atoms with Gasteiger partial charge in [-0.1, -0.05) is 30.4 Å². The van der Waals surface area contributed by atoms with Crippen LogP contribution in [0.4, 0.5) is 0 Å². The number of carbonyl (C=O) groups is 1. The minimum absolute atomic E-state index is 0.184. The van der Waals surface area contributed by atoms with Gasteiger partial charge in [-0.3, -0.25) is 9.52 Å². The van der Waals surface area contributed by atoms with Crippen molar-refractivity contribution < 1.29 is 14.3 Å². The van der Waals surface area contributed by atoms with Crippen molar-refractivity contribution in [3.8, 4) is 0 Å². The summed E-state index contributed by atoms with van der Waals surface area (Å²) in [5.41, 5.74) is 3.12. The SMILES string of the molecule is C/C=C(/C=C\C=C(/C)OCCCN1CCCC1)c1cccc(SNCCC(=O)OC(C)(C)C)c1C. The Balaban J connectivity index is 1.83. The van der Waals surface area contributed by atoms with Crippen LogP contribution in [-0.4, -0.2) is 49.3 Å². The lowest BCUT2D eigenvalue weighted by Crippen LogP contribution is -2.25. The second-order valence-corrected chi connectivity index (χ2v) is 10.8. The van der Waals surface area contributed by atoms with Crippen molar-refractivity contribution in [2.24, 2.45) is 0 Å². The monoisotopic (exact) mass is 500 g/mol. The molecule has 0 unspecified atom stereocenters. The first kappa shape index (κ1) is 29.2. The number of nitrogens with zero attached hydrogens (tertiary/aromatic N) is 1. The van der Waals surface area contributed by atoms with Gasteiger partial charge in [0, 0.05) is 18.0 Å². The average Bonchev–Trinajstić information content (AvgIpc) is 3.31. The van der Waals surface area contributed by atoms with Gasteiger partial charge in [0.05, 0.1) is 18.8 Å². The van der Waals surface area contributed by atoms with Gasteiger partial charge in [0.2, 0.25) is 0 Å². The molecule has 1 aliphatic rings. The number of hydrogen-bond donors (Lipinski definition) is 1. The Morgan fingerprint density at radius 3 is 2.66 bits per heavy atom. The van der Waals surface area contributed by atoms with Crippen molar-refractivity contribution in [2.45, 2.75) is 77.7 Å². The molecule has 0 saturated carbocycles. The van der Waals surface area contributed by atoms with E-state index in [0.717, 1.165) is 35.8 Å². The van der Waals surface area contributed by atoms with Gasteiger partial charge in [-0.15, -0.1) is 0 Å². The van der Waals surface area contributed by atoms with E-state index in [4.69, 9.17) is 9.47 Å². The summed E-state index contributed by atoms with van der Waals surface area (Å²) in [5, 5.41) is 0. The number of benzene rings is 1. The van der Waals surface area contributed by atoms with Crippen molar-refractivity contribution in [3.05, 3.63) is 59.4 Å². The normalized spacial score (nSPS) is 15.7. The molecule has 0 amide bonds. The van der Waals surface area contributed by atoms with Crippen molar-refractivity contribution in [2.75, 3.05) is 32.8 Å². The first-order valence-corrected chi connectivity index (χ1v) is 13.6. The van der Waals surface area contributed by atoms with Gasteiger partial charge in [0.25, 0.3) is 0 Å². The number of carbonyl (C=O) groups excluding carboxylic acids is 1. The summed E-state index contributed by atoms with van der Waals surface area (Å²) in [6, 6.07) is 6.31. The molecule has 1 saturated heterocycles. The Kier molecular flexibility index (Phi) is 12.7. The molecule has 0 radical (unpaired) electrons. The Morgan fingerprint density at radius 2 is 1.97 bits per heavy atom. The van der Waals surface area contributed by atoms with Crippen LogP contribution in [0.25, 0.3) is 5.57 Å². The summed E-state index contributed by atoms with van der Waals surface area (Å²) in [7, 11) is 0. The third-order valence-corrected chi connectivity index (χ3v) is 6.70. The highest BCUT2D eigenvalue weighted by Crippen LogP contribution is 2.28. The third-order valence-electron chi connectivity index (χ3n) is 5.69. The molecule has 6 heteroatoms. The third kappa shape index (κ3) is 11.5. The molecule has 0 aromatic heterocycles. The highest BCUT2D eigenvalue weighted by molar-refractivity contribution is 7.97. The van der Waals surface area contributed by atoms with E-state index in [0.29, 0.717) is 13.0 Å². The van der Waals surface area contributed by atoms with Crippen LogP contribution in [-0.2, 0) is 14.3 Å². The number of rotatable bonds is 13. The lowest BCUT2D eigenvalue weighted by Gasteiger charge is -2.19. The number of ether oxygens (including phenoxy) is 2. The van der Waals surface area contributed by atoms with Gasteiger partial charge in [-0.25, -0.2) is 0 Å². The minimum Gasteiger partial charge on any atom is -0.498 e. The molecule has 0 bridgehead atoms. The second-order valence-electron chi connectivity index (χ2n) is 9.89. The number of nitrogens with one attached hydrogen (secondary N) is 1. The van der Waals surface area contributed by atoms with E-state index in [2.05, 4.69) is 59.9 Å². The Hall–Kier alpha value is -2.02. The van der Waals surface area contributed by atoms with Crippen molar-refractivity contribution in [1.82, 2.24) is 9.62 Å². The van der Waals surface area contributed by atoms with Crippen LogP contribution >= 0.6 is 11.9 Å². The zero-order chi connectivity index (χ0) is 25.7. The standard InChI is InChI=1S/C29H44N2O3S/c1-7-25(14-10-13-23(2)33-22-12-21-31-19-8-9-20-31)26-15-11-16-27(24(26)3)35-30-18-17-28(32)34-29(4,5)6/h7,10-11,13-16,30H,8-9,12,17-22H2,1-6H3/b14-10-,23-13+,25-7-. The van der Waals surface area contributed by atoms with E-state index < -0.39 is 5.60 Å². The van der Waals surface area contributed by atoms with Gasteiger partial charge in [0.15, 0.2) is 0 Å². The van der Waals surface area contributed by atoms with Gasteiger partial charge < -0.3 is 14.4 Å². The van der Waals surface area contributed by atoms with E-state index in [1.165, 1.54) is 37.1 Å². The van der Waals surface area contributed by atoms with Crippen molar-refractivity contribution in [1.29, 1.82) is 0 Å². The van der Waals surface area contributed by atoms with Gasteiger partial charge in [-0.2, -0.15) is 0 Å². The molecule has 1 aromatic carbocycles. The van der Waals surface area contributed by atoms with Crippen LogP contribution in [0.3, 0.4) is 0 Å². The zero-order valence-corrected chi connectivity index (χ0v) is 23.3. The van der Waals surface area contributed by atoms with Gasteiger partial charge in [0.1, 0.15) is 5.60 Å². The predicted molar refractivity (Wildman–Crippen MR) is 148 cm³/mol. The minimum atomic E-state index is -0.446. The molecule has 0 aliphatic carbocycles. The first-order valence-electron chi connectivity index (χ1n) is 12.8. The van der Waals surface area contributed by atoms with Gasteiger partial charge >= 0.3 is 5.97 Å². The summed E-state index contributed by atoms with van der Waals surface area (Å²) < 4.78 is 14.5. The Morgan fingerprint density at radius 1 is 1.23 bits per heavy atom. The fraction of sp³-hybridized carbons (Fsp3) is 0.552. The molecule has 1 fully saturated rings. The quantitative estimate of drug-likeness (QED) is 0.107. The maximum Gasteiger partial charge on any atom is 0.307 e. The molecular weight excluding hydrogens is 456 g/mol. The van der Waals surface area contributed by atoms with Gasteiger partial charge in [-0.05, 0) is 115 Å². The van der Waals surface area contributed by atoms with Crippen molar-refractivity contribution in [3.63, 3.8) is 0 Å². The summed E-state index contributed by atoms with van der Waals surface area (Å²) >= 11 is 1.55. The van der Waals surface area contributed by atoms with E-state index in [1.807, 2.05) is 33.8 Å². The molecule has 194 valence electrons. The topological polar surface area (TPSA) is 50.8 Å². The Bertz CT molecular complexity index is 894. The summed E-state index contributed by atoms with van der Waals surface area (Å²) in [5.74, 6) is 0.754. The number of esters is 1. The maximum atomic E-state index is 11.9. The highest BCUT2D eigenvalue weighted by Gasteiger charge is 2.16. The molecule has 1 aliphatic heterocycles. The molecule has 0 spiro atoms. The summed E-state index contributed by atoms with van der Waals surface area (Å²) in [6.45, 7) is 16.8. The largest absolute Gasteiger partial charge is 0.498 e. The van der Waals surface area contributed by atoms with E-state index in [9.17, 15) is 4.79 Å². The molecular formula is C29H44N2O3S. The van der Waals surface area contributed by atoms with Crippen LogP contribution in [0.5, 0.6) is 0 Å². The van der Waals surface area contributed by atoms with Crippen LogP contribution in [0.15, 0.2) is 53.2 Å². The Labute approximate surface area is 217 Å². The molecule has 1 heterocycles. The van der Waals surface area contributed by atoms with Crippen LogP contribution in [0.1, 0.15) is 71.4 Å². The fourth-order valence-electron chi connectivity index (χ4n) is 3.92. The lowest BCUT2D eigenvalue weighted by atomic mass is 10.00. The zero-order valence-electron chi connectivity index (χ0n) is 22.5. The van der Waals surface area contributed by atoms with E-state index >= 15 is 0 Å². The fourth-order valence-corrected chi connectivity index (χ4v) is 4.69. The molecule has 1 N–H and O–H groups in total. The second kappa shape index (κ2) is 15.2. The molecule has 35 heavy (non-hydrogen) atoms. The number of allylic oxidation sites excluding steroid dienone is 6. The molecule has 0 atom stereocenters. The molecule has 5 nitrogen and oxygen atoms in total. The highest BCUT2D eigenvalue weighted by atomic mass is 32.2.